The molecule has 0 aliphatic rings. The summed E-state index contributed by atoms with van der Waals surface area (Å²) in [5, 5.41) is 7.00. The second kappa shape index (κ2) is 5.67. The number of rotatable bonds is 4. The summed E-state index contributed by atoms with van der Waals surface area (Å²) in [4.78, 5) is 0. The Morgan fingerprint density at radius 3 is 2.72 bits per heavy atom. The number of hydrogen-bond donors (Lipinski definition) is 1. The molecule has 4 nitrogen and oxygen atoms in total. The summed E-state index contributed by atoms with van der Waals surface area (Å²) in [6, 6.07) is 7.72. The van der Waals surface area contributed by atoms with Crippen LogP contribution in [-0.4, -0.2) is 14.8 Å². The molecule has 0 saturated carbocycles. The van der Waals surface area contributed by atoms with Crippen molar-refractivity contribution in [1.29, 1.82) is 0 Å². The molecule has 0 aliphatic carbocycles. The fourth-order valence-electron chi connectivity index (χ4n) is 1.72. The van der Waals surface area contributed by atoms with Gasteiger partial charge in [-0.25, -0.2) is 0 Å². The van der Waals surface area contributed by atoms with Gasteiger partial charge in [0.05, 0.1) is 0 Å². The topological polar surface area (TPSA) is 42.8 Å². The highest BCUT2D eigenvalue weighted by Crippen LogP contribution is 2.22. The van der Waals surface area contributed by atoms with Gasteiger partial charge in [-0.1, -0.05) is 15.9 Å². The molecule has 2 rings (SSSR count). The normalized spacial score (nSPS) is 12.4. The van der Waals surface area contributed by atoms with Gasteiger partial charge in [0.15, 0.2) is 16.7 Å². The van der Waals surface area contributed by atoms with Gasteiger partial charge in [-0.05, 0) is 50.3 Å². The van der Waals surface area contributed by atoms with E-state index in [1.807, 2.05) is 42.7 Å². The van der Waals surface area contributed by atoms with Crippen LogP contribution in [0.5, 0.6) is 5.75 Å². The first-order chi connectivity index (χ1) is 8.61. The number of halogens is 1. The van der Waals surface area contributed by atoms with E-state index < -0.39 is 0 Å². The van der Waals surface area contributed by atoms with Gasteiger partial charge in [-0.3, -0.25) is 5.10 Å². The van der Waals surface area contributed by atoms with Crippen LogP contribution in [0.2, 0.25) is 0 Å². The summed E-state index contributed by atoms with van der Waals surface area (Å²) in [6.45, 7) is 4.76. The molecule has 96 valence electrons. The predicted octanol–water partition coefficient (Wildman–Crippen LogP) is 3.86. The summed E-state index contributed by atoms with van der Waals surface area (Å²) >= 11 is 8.55. The number of hydrogen-bond acceptors (Lipinski definition) is 3. The molecule has 1 aromatic heterocycles. The van der Waals surface area contributed by atoms with Crippen LogP contribution in [0.3, 0.4) is 0 Å². The number of aromatic amines is 1. The van der Waals surface area contributed by atoms with Crippen LogP contribution in [-0.2, 0) is 6.54 Å². The molecule has 0 unspecified atom stereocenters. The second-order valence-electron chi connectivity index (χ2n) is 3.85. The van der Waals surface area contributed by atoms with Gasteiger partial charge in [0.25, 0.3) is 0 Å². The Labute approximate surface area is 119 Å². The molecule has 1 heterocycles. The van der Waals surface area contributed by atoms with Crippen molar-refractivity contribution < 1.29 is 4.74 Å². The van der Waals surface area contributed by atoms with Crippen molar-refractivity contribution in [3.05, 3.63) is 39.3 Å². The molecular formula is C12H14BrN3OS. The van der Waals surface area contributed by atoms with Crippen molar-refractivity contribution in [2.75, 3.05) is 0 Å². The van der Waals surface area contributed by atoms with Crippen LogP contribution >= 0.6 is 28.1 Å². The fourth-order valence-corrected chi connectivity index (χ4v) is 2.25. The third-order valence-electron chi connectivity index (χ3n) is 2.59. The molecule has 0 aliphatic heterocycles. The predicted molar refractivity (Wildman–Crippen MR) is 76.3 cm³/mol. The largest absolute Gasteiger partial charge is 0.483 e. The van der Waals surface area contributed by atoms with E-state index in [4.69, 9.17) is 17.0 Å². The SMILES string of the molecule is CCn1c([C@@H](C)Oc2ccc(Br)cc2)n[nH]c1=S. The van der Waals surface area contributed by atoms with Crippen molar-refractivity contribution in [2.45, 2.75) is 26.5 Å². The number of ether oxygens (including phenoxy) is 1. The monoisotopic (exact) mass is 327 g/mol. The minimum Gasteiger partial charge on any atom is -0.483 e. The Morgan fingerprint density at radius 2 is 2.11 bits per heavy atom. The molecule has 1 N–H and O–H groups in total. The van der Waals surface area contributed by atoms with E-state index >= 15 is 0 Å². The van der Waals surface area contributed by atoms with Crippen LogP contribution in [0.15, 0.2) is 28.7 Å². The minimum absolute atomic E-state index is 0.154. The summed E-state index contributed by atoms with van der Waals surface area (Å²) < 4.78 is 9.42. The van der Waals surface area contributed by atoms with Gasteiger partial charge in [-0.2, -0.15) is 5.10 Å². The summed E-state index contributed by atoms with van der Waals surface area (Å²) in [5.41, 5.74) is 0. The first-order valence-electron chi connectivity index (χ1n) is 5.69. The van der Waals surface area contributed by atoms with Gasteiger partial charge in [-0.15, -0.1) is 0 Å². The van der Waals surface area contributed by atoms with Crippen molar-refractivity contribution in [3.63, 3.8) is 0 Å². The number of H-pyrrole nitrogens is 1. The molecule has 0 amide bonds. The molecule has 0 bridgehead atoms. The van der Waals surface area contributed by atoms with Crippen LogP contribution in [0, 0.1) is 4.77 Å². The molecule has 18 heavy (non-hydrogen) atoms. The molecule has 1 atom stereocenters. The molecule has 0 saturated heterocycles. The van der Waals surface area contributed by atoms with Gasteiger partial charge in [0, 0.05) is 11.0 Å². The first kappa shape index (κ1) is 13.3. The van der Waals surface area contributed by atoms with E-state index in [2.05, 4.69) is 26.1 Å². The molecular weight excluding hydrogens is 314 g/mol. The maximum Gasteiger partial charge on any atom is 0.195 e. The van der Waals surface area contributed by atoms with E-state index in [9.17, 15) is 0 Å². The number of aromatic nitrogens is 3. The van der Waals surface area contributed by atoms with Crippen LogP contribution < -0.4 is 4.74 Å². The molecule has 0 spiro atoms. The lowest BCUT2D eigenvalue weighted by Gasteiger charge is -2.14. The van der Waals surface area contributed by atoms with Gasteiger partial charge >= 0.3 is 0 Å². The Morgan fingerprint density at radius 1 is 1.44 bits per heavy atom. The van der Waals surface area contributed by atoms with Crippen molar-refractivity contribution in [1.82, 2.24) is 14.8 Å². The summed E-state index contributed by atoms with van der Waals surface area (Å²) in [5.74, 6) is 1.62. The quantitative estimate of drug-likeness (QED) is 0.867. The maximum atomic E-state index is 5.84. The molecule has 6 heteroatoms. The van der Waals surface area contributed by atoms with E-state index in [0.717, 1.165) is 22.6 Å². The zero-order valence-electron chi connectivity index (χ0n) is 10.2. The Balaban J connectivity index is 2.19. The molecule has 1 aromatic carbocycles. The van der Waals surface area contributed by atoms with Crippen molar-refractivity contribution in [2.24, 2.45) is 0 Å². The highest BCUT2D eigenvalue weighted by atomic mass is 79.9. The van der Waals surface area contributed by atoms with Gasteiger partial charge in [0.2, 0.25) is 0 Å². The van der Waals surface area contributed by atoms with Crippen molar-refractivity contribution >= 4 is 28.1 Å². The van der Waals surface area contributed by atoms with Crippen LogP contribution in [0.1, 0.15) is 25.8 Å². The lowest BCUT2D eigenvalue weighted by molar-refractivity contribution is 0.210. The van der Waals surface area contributed by atoms with Gasteiger partial charge < -0.3 is 9.30 Å². The fraction of sp³-hybridized carbons (Fsp3) is 0.333. The summed E-state index contributed by atoms with van der Waals surface area (Å²) in [6.07, 6.45) is -0.154. The third-order valence-corrected chi connectivity index (χ3v) is 3.43. The third kappa shape index (κ3) is 2.81. The highest BCUT2D eigenvalue weighted by molar-refractivity contribution is 9.10. The lowest BCUT2D eigenvalue weighted by atomic mass is 10.3. The molecule has 0 radical (unpaired) electrons. The average Bonchev–Trinajstić information content (AvgIpc) is 2.73. The molecule has 0 fully saturated rings. The van der Waals surface area contributed by atoms with E-state index in [-0.39, 0.29) is 6.10 Å². The summed E-state index contributed by atoms with van der Waals surface area (Å²) in [7, 11) is 0. The number of nitrogens with zero attached hydrogens (tertiary/aromatic N) is 2. The Hall–Kier alpha value is -1.14. The van der Waals surface area contributed by atoms with Crippen LogP contribution in [0.25, 0.3) is 0 Å². The standard InChI is InChI=1S/C12H14BrN3OS/c1-3-16-11(14-15-12(16)18)8(2)17-10-6-4-9(13)5-7-10/h4-8H,3H2,1-2H3,(H,15,18)/t8-/m1/s1. The zero-order chi connectivity index (χ0) is 13.1. The first-order valence-corrected chi connectivity index (χ1v) is 6.89. The Bertz CT molecular complexity index is 576. The lowest BCUT2D eigenvalue weighted by Crippen LogP contribution is -2.11. The number of nitrogens with one attached hydrogen (secondary N) is 1. The average molecular weight is 328 g/mol. The smallest absolute Gasteiger partial charge is 0.195 e. The van der Waals surface area contributed by atoms with Gasteiger partial charge in [0.1, 0.15) is 5.75 Å². The van der Waals surface area contributed by atoms with Crippen LogP contribution in [0.4, 0.5) is 0 Å². The number of benzene rings is 1. The van der Waals surface area contributed by atoms with E-state index in [0.29, 0.717) is 4.77 Å². The zero-order valence-corrected chi connectivity index (χ0v) is 12.6. The van der Waals surface area contributed by atoms with Crippen molar-refractivity contribution in [3.8, 4) is 5.75 Å². The van der Waals surface area contributed by atoms with E-state index in [1.54, 1.807) is 0 Å². The minimum atomic E-state index is -0.154. The second-order valence-corrected chi connectivity index (χ2v) is 5.15. The maximum absolute atomic E-state index is 5.84. The van der Waals surface area contributed by atoms with E-state index in [1.165, 1.54) is 0 Å². The highest BCUT2D eigenvalue weighted by Gasteiger charge is 2.14. The Kier molecular flexibility index (Phi) is 4.19. The molecule has 2 aromatic rings.